The molecule has 0 aliphatic carbocycles. The zero-order valence-electron chi connectivity index (χ0n) is 17.8. The number of hydrogen-bond acceptors (Lipinski definition) is 4. The van der Waals surface area contributed by atoms with Crippen molar-refractivity contribution in [2.24, 2.45) is 5.92 Å². The maximum atomic E-state index is 13.4. The van der Waals surface area contributed by atoms with E-state index in [0.717, 1.165) is 36.0 Å². The molecule has 2 aliphatic heterocycles. The van der Waals surface area contributed by atoms with Crippen LogP contribution in [0, 0.1) is 17.6 Å². The highest BCUT2D eigenvalue weighted by Gasteiger charge is 2.23. The summed E-state index contributed by atoms with van der Waals surface area (Å²) in [5.41, 5.74) is 2.57. The van der Waals surface area contributed by atoms with Crippen molar-refractivity contribution in [3.05, 3.63) is 53.6 Å². The topological polar surface area (TPSA) is 70.7 Å². The van der Waals surface area contributed by atoms with E-state index in [9.17, 15) is 18.4 Å². The highest BCUT2D eigenvalue weighted by Crippen LogP contribution is 2.27. The van der Waals surface area contributed by atoms with E-state index in [1.807, 2.05) is 23.1 Å². The van der Waals surface area contributed by atoms with Crippen LogP contribution in [0.3, 0.4) is 0 Å². The Kier molecular flexibility index (Phi) is 6.87. The van der Waals surface area contributed by atoms with E-state index in [-0.39, 0.29) is 17.7 Å². The third-order valence-electron chi connectivity index (χ3n) is 5.93. The quantitative estimate of drug-likeness (QED) is 0.611. The molecule has 6 nitrogen and oxygen atoms in total. The van der Waals surface area contributed by atoms with Gasteiger partial charge in [0.25, 0.3) is 0 Å². The van der Waals surface area contributed by atoms with Crippen LogP contribution in [-0.2, 0) is 16.0 Å². The molecule has 4 rings (SSSR count). The van der Waals surface area contributed by atoms with E-state index in [2.05, 4.69) is 10.6 Å². The van der Waals surface area contributed by atoms with E-state index in [1.54, 1.807) is 6.07 Å². The lowest BCUT2D eigenvalue weighted by Gasteiger charge is -2.19. The molecule has 32 heavy (non-hydrogen) atoms. The molecule has 0 spiro atoms. The minimum atomic E-state index is -0.846. The second kappa shape index (κ2) is 9.97. The SMILES string of the molecule is O=C(CCCOc1ccc2c(c1)CCC(=O)N2)NCC1CCN(c2ccc(F)c(F)c2)C1. The van der Waals surface area contributed by atoms with Crippen molar-refractivity contribution < 1.29 is 23.1 Å². The molecule has 8 heteroatoms. The van der Waals surface area contributed by atoms with Crippen molar-refractivity contribution in [2.75, 3.05) is 36.5 Å². The van der Waals surface area contributed by atoms with Crippen molar-refractivity contribution in [3.8, 4) is 5.75 Å². The first kappa shape index (κ1) is 22.0. The molecule has 0 bridgehead atoms. The summed E-state index contributed by atoms with van der Waals surface area (Å²) in [7, 11) is 0. The zero-order valence-corrected chi connectivity index (χ0v) is 17.8. The number of benzene rings is 2. The van der Waals surface area contributed by atoms with Crippen molar-refractivity contribution in [1.82, 2.24) is 5.32 Å². The third-order valence-corrected chi connectivity index (χ3v) is 5.93. The summed E-state index contributed by atoms with van der Waals surface area (Å²) in [6, 6.07) is 9.55. The van der Waals surface area contributed by atoms with Gasteiger partial charge >= 0.3 is 0 Å². The average molecular weight is 443 g/mol. The number of fused-ring (bicyclic) bond motifs is 1. The van der Waals surface area contributed by atoms with E-state index in [0.29, 0.717) is 51.1 Å². The number of anilines is 2. The Morgan fingerprint density at radius 3 is 2.88 bits per heavy atom. The van der Waals surface area contributed by atoms with Crippen LogP contribution in [0.15, 0.2) is 36.4 Å². The van der Waals surface area contributed by atoms with Crippen molar-refractivity contribution in [2.45, 2.75) is 32.1 Å². The molecule has 0 aromatic heterocycles. The Labute approximate surface area is 185 Å². The van der Waals surface area contributed by atoms with Gasteiger partial charge in [0.2, 0.25) is 11.8 Å². The van der Waals surface area contributed by atoms with E-state index < -0.39 is 11.6 Å². The van der Waals surface area contributed by atoms with Gasteiger partial charge in [0.15, 0.2) is 11.6 Å². The van der Waals surface area contributed by atoms with Gasteiger partial charge in [0, 0.05) is 49.9 Å². The standard InChI is InChI=1S/C24H27F2N3O3/c25-20-6-4-18(13-21(20)26)29-10-9-16(15-29)14-27-23(30)2-1-11-32-19-5-7-22-17(12-19)3-8-24(31)28-22/h4-7,12-13,16H,1-3,8-11,14-15H2,(H,27,30)(H,28,31). The molecule has 1 atom stereocenters. The van der Waals surface area contributed by atoms with Crippen LogP contribution in [-0.4, -0.2) is 38.1 Å². The van der Waals surface area contributed by atoms with Crippen LogP contribution in [0.5, 0.6) is 5.75 Å². The fourth-order valence-electron chi connectivity index (χ4n) is 4.13. The van der Waals surface area contributed by atoms with Gasteiger partial charge in [-0.15, -0.1) is 0 Å². The van der Waals surface area contributed by atoms with Gasteiger partial charge in [-0.2, -0.15) is 0 Å². The fraction of sp³-hybridized carbons (Fsp3) is 0.417. The normalized spacial score (nSPS) is 17.6. The second-order valence-electron chi connectivity index (χ2n) is 8.32. The largest absolute Gasteiger partial charge is 0.494 e. The summed E-state index contributed by atoms with van der Waals surface area (Å²) in [5.74, 6) is -0.660. The smallest absolute Gasteiger partial charge is 0.224 e. The molecule has 1 saturated heterocycles. The first-order valence-electron chi connectivity index (χ1n) is 11.0. The molecule has 2 heterocycles. The van der Waals surface area contributed by atoms with Crippen LogP contribution in [0.2, 0.25) is 0 Å². The van der Waals surface area contributed by atoms with Crippen LogP contribution in [0.4, 0.5) is 20.2 Å². The molecule has 2 aromatic carbocycles. The molecule has 2 N–H and O–H groups in total. The molecule has 2 aromatic rings. The number of nitrogens with one attached hydrogen (secondary N) is 2. The Morgan fingerprint density at radius 1 is 1.16 bits per heavy atom. The molecule has 170 valence electrons. The summed E-state index contributed by atoms with van der Waals surface area (Å²) in [4.78, 5) is 25.6. The van der Waals surface area contributed by atoms with Crippen molar-refractivity contribution >= 4 is 23.2 Å². The molecule has 1 unspecified atom stereocenters. The molecular formula is C24H27F2N3O3. The van der Waals surface area contributed by atoms with Crippen LogP contribution < -0.4 is 20.3 Å². The number of ether oxygens (including phenoxy) is 1. The Bertz CT molecular complexity index is 998. The number of halogens is 2. The van der Waals surface area contributed by atoms with Gasteiger partial charge in [-0.1, -0.05) is 0 Å². The maximum absolute atomic E-state index is 13.4. The fourth-order valence-corrected chi connectivity index (χ4v) is 4.13. The number of carbonyl (C=O) groups is 2. The van der Waals surface area contributed by atoms with Gasteiger partial charge in [-0.05, 0) is 61.1 Å². The van der Waals surface area contributed by atoms with Crippen LogP contribution >= 0.6 is 0 Å². The lowest BCUT2D eigenvalue weighted by atomic mass is 10.0. The number of hydrogen-bond donors (Lipinski definition) is 2. The van der Waals surface area contributed by atoms with E-state index >= 15 is 0 Å². The number of amides is 2. The van der Waals surface area contributed by atoms with Gasteiger partial charge in [0.1, 0.15) is 5.75 Å². The Morgan fingerprint density at radius 2 is 2.03 bits per heavy atom. The van der Waals surface area contributed by atoms with Gasteiger partial charge in [0.05, 0.1) is 6.61 Å². The number of rotatable bonds is 8. The Balaban J connectivity index is 1.13. The summed E-state index contributed by atoms with van der Waals surface area (Å²) in [5, 5.41) is 5.81. The summed E-state index contributed by atoms with van der Waals surface area (Å²) >= 11 is 0. The minimum Gasteiger partial charge on any atom is -0.494 e. The number of aryl methyl sites for hydroxylation is 1. The summed E-state index contributed by atoms with van der Waals surface area (Å²) in [6.07, 6.45) is 3.05. The van der Waals surface area contributed by atoms with Gasteiger partial charge < -0.3 is 20.3 Å². The molecule has 0 radical (unpaired) electrons. The first-order chi connectivity index (χ1) is 15.5. The number of carbonyl (C=O) groups excluding carboxylic acids is 2. The highest BCUT2D eigenvalue weighted by molar-refractivity contribution is 5.94. The predicted molar refractivity (Wildman–Crippen MR) is 118 cm³/mol. The first-order valence-corrected chi connectivity index (χ1v) is 11.0. The maximum Gasteiger partial charge on any atom is 0.224 e. The monoisotopic (exact) mass is 443 g/mol. The van der Waals surface area contributed by atoms with Crippen LogP contribution in [0.1, 0.15) is 31.2 Å². The number of nitrogens with zero attached hydrogens (tertiary/aromatic N) is 1. The molecule has 1 fully saturated rings. The Hall–Kier alpha value is -3.16. The third kappa shape index (κ3) is 5.55. The lowest BCUT2D eigenvalue weighted by Crippen LogP contribution is -2.31. The molecule has 2 aliphatic rings. The second-order valence-corrected chi connectivity index (χ2v) is 8.32. The lowest BCUT2D eigenvalue weighted by molar-refractivity contribution is -0.121. The summed E-state index contributed by atoms with van der Waals surface area (Å²) in [6.45, 7) is 2.46. The minimum absolute atomic E-state index is 0.0203. The predicted octanol–water partition coefficient (Wildman–Crippen LogP) is 3.65. The molecular weight excluding hydrogens is 416 g/mol. The average Bonchev–Trinajstić information content (AvgIpc) is 3.26. The molecule has 2 amide bonds. The zero-order chi connectivity index (χ0) is 22.5. The van der Waals surface area contributed by atoms with Crippen LogP contribution in [0.25, 0.3) is 0 Å². The molecule has 0 saturated carbocycles. The van der Waals surface area contributed by atoms with E-state index in [4.69, 9.17) is 4.74 Å². The van der Waals surface area contributed by atoms with Gasteiger partial charge in [-0.25, -0.2) is 8.78 Å². The highest BCUT2D eigenvalue weighted by atomic mass is 19.2. The summed E-state index contributed by atoms with van der Waals surface area (Å²) < 4.78 is 32.3. The van der Waals surface area contributed by atoms with Gasteiger partial charge in [-0.3, -0.25) is 9.59 Å². The van der Waals surface area contributed by atoms with Crippen molar-refractivity contribution in [3.63, 3.8) is 0 Å². The van der Waals surface area contributed by atoms with Crippen molar-refractivity contribution in [1.29, 1.82) is 0 Å². The van der Waals surface area contributed by atoms with E-state index in [1.165, 1.54) is 6.07 Å².